The van der Waals surface area contributed by atoms with Crippen LogP contribution in [0.2, 0.25) is 0 Å². The van der Waals surface area contributed by atoms with Crippen LogP contribution in [0.4, 0.5) is 0 Å². The summed E-state index contributed by atoms with van der Waals surface area (Å²) in [5.41, 5.74) is 2.52. The van der Waals surface area contributed by atoms with Gasteiger partial charge in [0.25, 0.3) is 0 Å². The van der Waals surface area contributed by atoms with E-state index in [1.165, 1.54) is 16.0 Å². The highest BCUT2D eigenvalue weighted by Gasteiger charge is 2.32. The van der Waals surface area contributed by atoms with Gasteiger partial charge < -0.3 is 14.5 Å². The molecule has 1 atom stereocenters. The Bertz CT molecular complexity index is 969. The van der Waals surface area contributed by atoms with E-state index in [2.05, 4.69) is 28.5 Å². The van der Waals surface area contributed by atoms with Crippen LogP contribution >= 0.6 is 11.3 Å². The Balaban J connectivity index is 1.33. The van der Waals surface area contributed by atoms with Gasteiger partial charge in [0.1, 0.15) is 0 Å². The first-order chi connectivity index (χ1) is 16.1. The van der Waals surface area contributed by atoms with E-state index in [4.69, 9.17) is 4.74 Å². The highest BCUT2D eigenvalue weighted by molar-refractivity contribution is 7.10. The largest absolute Gasteiger partial charge is 0.466 e. The minimum atomic E-state index is -0.344. The summed E-state index contributed by atoms with van der Waals surface area (Å²) >= 11 is 1.80. The van der Waals surface area contributed by atoms with Crippen LogP contribution in [0.15, 0.2) is 41.8 Å². The lowest BCUT2D eigenvalue weighted by atomic mass is 9.93. The number of piperazine rings is 1. The Morgan fingerprint density at radius 3 is 2.33 bits per heavy atom. The van der Waals surface area contributed by atoms with Gasteiger partial charge >= 0.3 is 5.97 Å². The van der Waals surface area contributed by atoms with Crippen LogP contribution in [0.1, 0.15) is 41.8 Å². The molecule has 1 fully saturated rings. The van der Waals surface area contributed by atoms with Crippen molar-refractivity contribution in [3.8, 4) is 0 Å². The highest BCUT2D eigenvalue weighted by atomic mass is 32.1. The summed E-state index contributed by atoms with van der Waals surface area (Å²) < 4.78 is 4.89. The molecule has 33 heavy (non-hydrogen) atoms. The number of carbonyl (C=O) groups excluding carboxylic acids is 3. The predicted octanol–water partition coefficient (Wildman–Crippen LogP) is 2.71. The van der Waals surface area contributed by atoms with Gasteiger partial charge in [0, 0.05) is 44.0 Å². The third-order valence-electron chi connectivity index (χ3n) is 6.35. The smallest absolute Gasteiger partial charge is 0.306 e. The van der Waals surface area contributed by atoms with Crippen molar-refractivity contribution >= 4 is 29.1 Å². The molecule has 0 saturated carbocycles. The number of benzene rings is 1. The van der Waals surface area contributed by atoms with Gasteiger partial charge in [-0.3, -0.25) is 19.3 Å². The van der Waals surface area contributed by atoms with Crippen LogP contribution in [0, 0.1) is 0 Å². The molecule has 3 heterocycles. The van der Waals surface area contributed by atoms with Crippen LogP contribution in [0.3, 0.4) is 0 Å². The average molecular weight is 470 g/mol. The minimum absolute atomic E-state index is 0.0553. The molecule has 0 radical (unpaired) electrons. The molecule has 0 aliphatic carbocycles. The number of ether oxygens (including phenoxy) is 1. The molecule has 1 aromatic heterocycles. The second kappa shape index (κ2) is 10.9. The number of carbonyl (C=O) groups is 3. The van der Waals surface area contributed by atoms with E-state index in [-0.39, 0.29) is 36.7 Å². The van der Waals surface area contributed by atoms with Crippen LogP contribution in [0.25, 0.3) is 0 Å². The standard InChI is InChI=1S/C25H31N3O4S/c1-2-32-24(31)9-8-22(29)26-13-15-27(16-14-26)23(30)18-28-12-10-21-20(11-17-33-21)25(28)19-6-4-3-5-7-19/h3-7,11,17,25H,2,8-10,12-16,18H2,1H3. The Morgan fingerprint density at radius 1 is 0.939 bits per heavy atom. The average Bonchev–Trinajstić information content (AvgIpc) is 3.32. The van der Waals surface area contributed by atoms with Crippen LogP contribution in [0.5, 0.6) is 0 Å². The fraction of sp³-hybridized carbons (Fsp3) is 0.480. The fourth-order valence-electron chi connectivity index (χ4n) is 4.64. The number of rotatable bonds is 7. The van der Waals surface area contributed by atoms with Gasteiger partial charge in [0.05, 0.1) is 25.6 Å². The molecule has 2 aliphatic rings. The first kappa shape index (κ1) is 23.4. The maximum Gasteiger partial charge on any atom is 0.306 e. The van der Waals surface area contributed by atoms with E-state index in [0.29, 0.717) is 39.3 Å². The summed E-state index contributed by atoms with van der Waals surface area (Å²) in [5.74, 6) is -0.295. The van der Waals surface area contributed by atoms with Crippen molar-refractivity contribution in [2.24, 2.45) is 0 Å². The second-order valence-corrected chi connectivity index (χ2v) is 9.40. The summed E-state index contributed by atoms with van der Waals surface area (Å²) in [6, 6.07) is 12.7. The van der Waals surface area contributed by atoms with Crippen LogP contribution in [-0.4, -0.2) is 78.4 Å². The van der Waals surface area contributed by atoms with Gasteiger partial charge in [-0.2, -0.15) is 0 Å². The number of nitrogens with zero attached hydrogens (tertiary/aromatic N) is 3. The molecule has 176 valence electrons. The molecular weight excluding hydrogens is 438 g/mol. The zero-order valence-electron chi connectivity index (χ0n) is 19.1. The molecule has 0 spiro atoms. The van der Waals surface area contributed by atoms with Gasteiger partial charge in [-0.1, -0.05) is 30.3 Å². The third-order valence-corrected chi connectivity index (χ3v) is 7.35. The van der Waals surface area contributed by atoms with Crippen molar-refractivity contribution in [3.63, 3.8) is 0 Å². The lowest BCUT2D eigenvalue weighted by Crippen LogP contribution is -2.53. The zero-order chi connectivity index (χ0) is 23.2. The maximum atomic E-state index is 13.2. The number of hydrogen-bond donors (Lipinski definition) is 0. The molecule has 1 aromatic carbocycles. The molecule has 7 nitrogen and oxygen atoms in total. The Kier molecular flexibility index (Phi) is 7.77. The van der Waals surface area contributed by atoms with E-state index < -0.39 is 0 Å². The van der Waals surface area contributed by atoms with Crippen molar-refractivity contribution in [1.29, 1.82) is 0 Å². The number of hydrogen-bond acceptors (Lipinski definition) is 6. The van der Waals surface area contributed by atoms with E-state index in [0.717, 1.165) is 13.0 Å². The van der Waals surface area contributed by atoms with Crippen molar-refractivity contribution in [1.82, 2.24) is 14.7 Å². The first-order valence-corrected chi connectivity index (χ1v) is 12.5. The van der Waals surface area contributed by atoms with Crippen LogP contribution < -0.4 is 0 Å². The van der Waals surface area contributed by atoms with Crippen molar-refractivity contribution in [2.75, 3.05) is 45.9 Å². The Labute approximate surface area is 198 Å². The van der Waals surface area contributed by atoms with Crippen molar-refractivity contribution in [2.45, 2.75) is 32.2 Å². The maximum absolute atomic E-state index is 13.2. The summed E-state index contributed by atoms with van der Waals surface area (Å²) in [4.78, 5) is 44.4. The number of esters is 1. The SMILES string of the molecule is CCOC(=O)CCC(=O)N1CCN(C(=O)CN2CCc3sccc3C2c2ccccc2)CC1. The van der Waals surface area contributed by atoms with Crippen molar-refractivity contribution in [3.05, 3.63) is 57.8 Å². The third kappa shape index (κ3) is 5.62. The quantitative estimate of drug-likeness (QED) is 0.583. The molecule has 4 rings (SSSR count). The minimum Gasteiger partial charge on any atom is -0.466 e. The number of thiophene rings is 1. The molecule has 2 aromatic rings. The topological polar surface area (TPSA) is 70.2 Å². The monoisotopic (exact) mass is 469 g/mol. The predicted molar refractivity (Wildman–Crippen MR) is 127 cm³/mol. The lowest BCUT2D eigenvalue weighted by Gasteiger charge is -2.39. The van der Waals surface area contributed by atoms with Crippen LogP contribution in [-0.2, 0) is 25.5 Å². The lowest BCUT2D eigenvalue weighted by molar-refractivity contribution is -0.146. The number of fused-ring (bicyclic) bond motifs is 1. The molecule has 2 amide bonds. The van der Waals surface area contributed by atoms with E-state index in [9.17, 15) is 14.4 Å². The van der Waals surface area contributed by atoms with Gasteiger partial charge in [-0.25, -0.2) is 0 Å². The molecular formula is C25H31N3O4S. The normalized spacial score (nSPS) is 18.6. The van der Waals surface area contributed by atoms with Gasteiger partial charge in [-0.05, 0) is 35.9 Å². The van der Waals surface area contributed by atoms with Gasteiger partial charge in [0.15, 0.2) is 0 Å². The Morgan fingerprint density at radius 2 is 1.64 bits per heavy atom. The molecule has 0 bridgehead atoms. The first-order valence-electron chi connectivity index (χ1n) is 11.6. The molecule has 8 heteroatoms. The van der Waals surface area contributed by atoms with Crippen molar-refractivity contribution < 1.29 is 19.1 Å². The fourth-order valence-corrected chi connectivity index (χ4v) is 5.55. The Hall–Kier alpha value is -2.71. The molecule has 2 aliphatic heterocycles. The van der Waals surface area contributed by atoms with Gasteiger partial charge in [-0.15, -0.1) is 11.3 Å². The summed E-state index contributed by atoms with van der Waals surface area (Å²) in [6.45, 7) is 5.35. The highest BCUT2D eigenvalue weighted by Crippen LogP contribution is 2.37. The molecule has 0 N–H and O–H groups in total. The summed E-state index contributed by atoms with van der Waals surface area (Å²) in [6.07, 6.45) is 1.22. The van der Waals surface area contributed by atoms with Gasteiger partial charge in [0.2, 0.25) is 11.8 Å². The van der Waals surface area contributed by atoms with E-state index in [1.54, 1.807) is 23.2 Å². The molecule has 1 unspecified atom stereocenters. The van der Waals surface area contributed by atoms with E-state index >= 15 is 0 Å². The number of amides is 2. The van der Waals surface area contributed by atoms with E-state index in [1.807, 2.05) is 23.1 Å². The second-order valence-electron chi connectivity index (χ2n) is 8.40. The summed E-state index contributed by atoms with van der Waals surface area (Å²) in [5, 5.41) is 2.14. The molecule has 1 saturated heterocycles. The summed E-state index contributed by atoms with van der Waals surface area (Å²) in [7, 11) is 0. The zero-order valence-corrected chi connectivity index (χ0v) is 19.9.